The van der Waals surface area contributed by atoms with E-state index in [2.05, 4.69) is 38.4 Å². The van der Waals surface area contributed by atoms with Crippen LogP contribution in [-0.4, -0.2) is 16.4 Å². The van der Waals surface area contributed by atoms with Gasteiger partial charge in [-0.3, -0.25) is 4.79 Å². The molecule has 1 saturated carbocycles. The predicted molar refractivity (Wildman–Crippen MR) is 91.1 cm³/mol. The third-order valence-electron chi connectivity index (χ3n) is 3.31. The van der Waals surface area contributed by atoms with Crippen LogP contribution in [0.2, 0.25) is 0 Å². The highest BCUT2D eigenvalue weighted by atomic mass is 79.9. The molecule has 4 nitrogen and oxygen atoms in total. The van der Waals surface area contributed by atoms with Crippen LogP contribution < -0.4 is 11.1 Å². The lowest BCUT2D eigenvalue weighted by atomic mass is 10.1. The molecule has 7 heteroatoms. The van der Waals surface area contributed by atoms with E-state index in [4.69, 9.17) is 5.73 Å². The van der Waals surface area contributed by atoms with Crippen LogP contribution in [0.3, 0.4) is 0 Å². The van der Waals surface area contributed by atoms with Crippen LogP contribution in [0.1, 0.15) is 23.3 Å². The number of nitrogens with two attached hydrogens (primary N) is 1. The van der Waals surface area contributed by atoms with E-state index in [1.807, 2.05) is 12.1 Å². The number of nitrogens with zero attached hydrogens (tertiary/aromatic N) is 1. The summed E-state index contributed by atoms with van der Waals surface area (Å²) < 4.78 is 1.07. The van der Waals surface area contributed by atoms with Crippen molar-refractivity contribution in [2.24, 2.45) is 5.73 Å². The Morgan fingerprint density at radius 3 is 2.67 bits per heavy atom. The molecule has 1 amide bonds. The number of benzene rings is 1. The van der Waals surface area contributed by atoms with Crippen LogP contribution in [-0.2, 0) is 11.2 Å². The largest absolute Gasteiger partial charge is 0.317 e. The second-order valence-electron chi connectivity index (χ2n) is 5.05. The Labute approximate surface area is 141 Å². The maximum absolute atomic E-state index is 11.8. The smallest absolute Gasteiger partial charge is 0.246 e. The van der Waals surface area contributed by atoms with Crippen LogP contribution in [0.25, 0.3) is 0 Å². The van der Waals surface area contributed by atoms with Gasteiger partial charge < -0.3 is 11.1 Å². The van der Waals surface area contributed by atoms with Gasteiger partial charge in [-0.25, -0.2) is 4.98 Å². The van der Waals surface area contributed by atoms with Crippen molar-refractivity contribution in [1.82, 2.24) is 4.98 Å². The average Bonchev–Trinajstić information content (AvgIpc) is 3.03. The van der Waals surface area contributed by atoms with Crippen LogP contribution in [0.4, 0.5) is 5.13 Å². The molecule has 0 atom stereocenters. The zero-order valence-electron chi connectivity index (χ0n) is 11.1. The fourth-order valence-corrected chi connectivity index (χ4v) is 2.94. The van der Waals surface area contributed by atoms with E-state index in [1.54, 1.807) is 6.20 Å². The van der Waals surface area contributed by atoms with Crippen molar-refractivity contribution in [2.75, 3.05) is 5.32 Å². The number of anilines is 1. The third-order valence-corrected chi connectivity index (χ3v) is 4.75. The van der Waals surface area contributed by atoms with Crippen molar-refractivity contribution in [3.63, 3.8) is 0 Å². The summed E-state index contributed by atoms with van der Waals surface area (Å²) in [7, 11) is 0. The minimum absolute atomic E-state index is 0. The summed E-state index contributed by atoms with van der Waals surface area (Å²) in [6.07, 6.45) is 4.14. The number of carbonyl (C=O) groups is 1. The Balaban J connectivity index is 0.00000161. The van der Waals surface area contributed by atoms with Crippen LogP contribution in [0, 0.1) is 0 Å². The molecule has 0 spiro atoms. The Kier molecular flexibility index (Phi) is 5.03. The van der Waals surface area contributed by atoms with E-state index < -0.39 is 5.54 Å². The molecule has 3 rings (SSSR count). The molecule has 0 bridgehead atoms. The standard InChI is InChI=1S/C14H14BrN3OS.ClH/c15-10-3-1-9(2-4-10)7-11-8-17-13(20-11)18-12(19)14(16)5-6-14;/h1-4,8H,5-7,16H2,(H,17,18,19);1H. The van der Waals surface area contributed by atoms with Gasteiger partial charge >= 0.3 is 0 Å². The number of thiazole rings is 1. The summed E-state index contributed by atoms with van der Waals surface area (Å²) in [4.78, 5) is 17.2. The molecular weight excluding hydrogens is 374 g/mol. The number of halogens is 2. The minimum atomic E-state index is -0.655. The summed E-state index contributed by atoms with van der Waals surface area (Å²) in [5.74, 6) is -0.123. The first kappa shape index (κ1) is 16.4. The summed E-state index contributed by atoms with van der Waals surface area (Å²) in [6.45, 7) is 0. The van der Waals surface area contributed by atoms with Crippen molar-refractivity contribution in [1.29, 1.82) is 0 Å². The van der Waals surface area contributed by atoms with Crippen molar-refractivity contribution in [3.8, 4) is 0 Å². The Morgan fingerprint density at radius 1 is 1.38 bits per heavy atom. The van der Waals surface area contributed by atoms with Crippen LogP contribution in [0.15, 0.2) is 34.9 Å². The molecule has 1 fully saturated rings. The summed E-state index contributed by atoms with van der Waals surface area (Å²) in [5, 5.41) is 3.42. The van der Waals surface area contributed by atoms with Crippen molar-refractivity contribution < 1.29 is 4.79 Å². The Morgan fingerprint density at radius 2 is 2.05 bits per heavy atom. The molecular formula is C14H15BrClN3OS. The van der Waals surface area contributed by atoms with E-state index in [0.717, 1.165) is 28.6 Å². The number of aromatic nitrogens is 1. The molecule has 1 aromatic carbocycles. The normalized spacial score (nSPS) is 15.1. The first-order valence-electron chi connectivity index (χ1n) is 6.35. The fourth-order valence-electron chi connectivity index (χ4n) is 1.83. The second kappa shape index (κ2) is 6.44. The van der Waals surface area contributed by atoms with Crippen molar-refractivity contribution in [2.45, 2.75) is 24.8 Å². The zero-order chi connectivity index (χ0) is 14.2. The Bertz CT molecular complexity index is 640. The first-order valence-corrected chi connectivity index (χ1v) is 7.96. The second-order valence-corrected chi connectivity index (χ2v) is 7.08. The summed E-state index contributed by atoms with van der Waals surface area (Å²) in [6, 6.07) is 8.18. The van der Waals surface area contributed by atoms with E-state index in [1.165, 1.54) is 16.9 Å². The summed E-state index contributed by atoms with van der Waals surface area (Å²) >= 11 is 4.91. The lowest BCUT2D eigenvalue weighted by Crippen LogP contribution is -2.37. The molecule has 3 N–H and O–H groups in total. The van der Waals surface area contributed by atoms with Gasteiger partial charge in [0.05, 0.1) is 5.54 Å². The number of hydrogen-bond acceptors (Lipinski definition) is 4. The molecule has 2 aromatic rings. The van der Waals surface area contributed by atoms with E-state index in [0.29, 0.717) is 5.13 Å². The van der Waals surface area contributed by atoms with Gasteiger partial charge in [0.1, 0.15) is 0 Å². The molecule has 112 valence electrons. The molecule has 1 aliphatic carbocycles. The molecule has 1 aliphatic rings. The van der Waals surface area contributed by atoms with Crippen LogP contribution >= 0.6 is 39.7 Å². The van der Waals surface area contributed by atoms with Gasteiger partial charge in [0.15, 0.2) is 5.13 Å². The molecule has 1 heterocycles. The molecule has 0 radical (unpaired) electrons. The molecule has 0 unspecified atom stereocenters. The van der Waals surface area contributed by atoms with E-state index in [-0.39, 0.29) is 18.3 Å². The maximum Gasteiger partial charge on any atom is 0.246 e. The third kappa shape index (κ3) is 4.03. The van der Waals surface area contributed by atoms with Crippen LogP contribution in [0.5, 0.6) is 0 Å². The van der Waals surface area contributed by atoms with E-state index >= 15 is 0 Å². The van der Waals surface area contributed by atoms with Gasteiger partial charge in [-0.2, -0.15) is 0 Å². The number of carbonyl (C=O) groups excluding carboxylic acids is 1. The lowest BCUT2D eigenvalue weighted by molar-refractivity contribution is -0.118. The van der Waals surface area contributed by atoms with Gasteiger partial charge in [0, 0.05) is 22.0 Å². The molecule has 21 heavy (non-hydrogen) atoms. The number of amides is 1. The lowest BCUT2D eigenvalue weighted by Gasteiger charge is -2.06. The minimum Gasteiger partial charge on any atom is -0.317 e. The zero-order valence-corrected chi connectivity index (χ0v) is 14.4. The van der Waals surface area contributed by atoms with Gasteiger partial charge in [-0.05, 0) is 30.5 Å². The fraction of sp³-hybridized carbons (Fsp3) is 0.286. The number of rotatable bonds is 4. The van der Waals surface area contributed by atoms with Gasteiger partial charge in [0.25, 0.3) is 0 Å². The number of hydrogen-bond donors (Lipinski definition) is 2. The topological polar surface area (TPSA) is 68.0 Å². The maximum atomic E-state index is 11.8. The molecule has 0 aliphatic heterocycles. The quantitative estimate of drug-likeness (QED) is 0.844. The first-order chi connectivity index (χ1) is 9.55. The predicted octanol–water partition coefficient (Wildman–Crippen LogP) is 3.35. The Hall–Kier alpha value is -0.950. The van der Waals surface area contributed by atoms with Gasteiger partial charge in [-0.1, -0.05) is 28.1 Å². The van der Waals surface area contributed by atoms with E-state index in [9.17, 15) is 4.79 Å². The monoisotopic (exact) mass is 387 g/mol. The summed E-state index contributed by atoms with van der Waals surface area (Å²) in [5.41, 5.74) is 6.40. The number of nitrogens with one attached hydrogen (secondary N) is 1. The highest BCUT2D eigenvalue weighted by molar-refractivity contribution is 9.10. The highest BCUT2D eigenvalue weighted by Gasteiger charge is 2.46. The van der Waals surface area contributed by atoms with Crippen molar-refractivity contribution in [3.05, 3.63) is 45.4 Å². The average molecular weight is 389 g/mol. The molecule has 1 aromatic heterocycles. The van der Waals surface area contributed by atoms with Gasteiger partial charge in [-0.15, -0.1) is 23.7 Å². The van der Waals surface area contributed by atoms with Gasteiger partial charge in [0.2, 0.25) is 5.91 Å². The molecule has 0 saturated heterocycles. The van der Waals surface area contributed by atoms with Crippen molar-refractivity contribution >= 4 is 50.7 Å². The SMILES string of the molecule is Cl.NC1(C(=O)Nc2ncc(Cc3ccc(Br)cc3)s2)CC1. The highest BCUT2D eigenvalue weighted by Crippen LogP contribution is 2.34.